The standard InChI is InChI=1S/C15H16BrFN2O/c1-3-10(2)19-8-7-11(18-19)9-14(20)12-5-4-6-13(16)15(12)17/h4-8,10H,3,9H2,1-2H3. The third-order valence-electron chi connectivity index (χ3n) is 3.30. The number of aromatic nitrogens is 2. The second-order valence-electron chi connectivity index (χ2n) is 4.75. The molecule has 20 heavy (non-hydrogen) atoms. The Morgan fingerprint density at radius 2 is 2.20 bits per heavy atom. The van der Waals surface area contributed by atoms with Crippen LogP contribution in [0.4, 0.5) is 4.39 Å². The molecule has 5 heteroatoms. The molecule has 0 aliphatic rings. The first kappa shape index (κ1) is 14.9. The highest BCUT2D eigenvalue weighted by molar-refractivity contribution is 9.10. The Morgan fingerprint density at radius 1 is 1.45 bits per heavy atom. The van der Waals surface area contributed by atoms with E-state index in [4.69, 9.17) is 0 Å². The highest BCUT2D eigenvalue weighted by atomic mass is 79.9. The van der Waals surface area contributed by atoms with Crippen LogP contribution in [0, 0.1) is 5.82 Å². The summed E-state index contributed by atoms with van der Waals surface area (Å²) in [6, 6.07) is 6.82. The van der Waals surface area contributed by atoms with E-state index in [-0.39, 0.29) is 17.8 Å². The molecule has 0 aliphatic carbocycles. The summed E-state index contributed by atoms with van der Waals surface area (Å²) in [4.78, 5) is 12.1. The van der Waals surface area contributed by atoms with Gasteiger partial charge in [0.05, 0.1) is 22.2 Å². The molecular formula is C15H16BrFN2O. The number of halogens is 2. The van der Waals surface area contributed by atoms with Crippen molar-refractivity contribution in [3.8, 4) is 0 Å². The molecule has 1 aromatic carbocycles. The van der Waals surface area contributed by atoms with E-state index in [1.807, 2.05) is 10.9 Å². The lowest BCUT2D eigenvalue weighted by Gasteiger charge is -2.08. The van der Waals surface area contributed by atoms with E-state index < -0.39 is 5.82 Å². The van der Waals surface area contributed by atoms with Crippen LogP contribution in [0.3, 0.4) is 0 Å². The van der Waals surface area contributed by atoms with Gasteiger partial charge in [0.2, 0.25) is 0 Å². The van der Waals surface area contributed by atoms with E-state index >= 15 is 0 Å². The minimum absolute atomic E-state index is 0.0949. The lowest BCUT2D eigenvalue weighted by Crippen LogP contribution is -2.09. The molecular weight excluding hydrogens is 323 g/mol. The average molecular weight is 339 g/mol. The third kappa shape index (κ3) is 3.15. The van der Waals surface area contributed by atoms with Crippen LogP contribution in [0.25, 0.3) is 0 Å². The summed E-state index contributed by atoms with van der Waals surface area (Å²) in [6.45, 7) is 4.14. The predicted molar refractivity (Wildman–Crippen MR) is 79.4 cm³/mol. The maximum atomic E-state index is 13.8. The van der Waals surface area contributed by atoms with Crippen LogP contribution in [0.1, 0.15) is 42.4 Å². The smallest absolute Gasteiger partial charge is 0.171 e. The Bertz CT molecular complexity index is 624. The molecule has 1 heterocycles. The van der Waals surface area contributed by atoms with Crippen molar-refractivity contribution in [3.63, 3.8) is 0 Å². The molecule has 0 bridgehead atoms. The van der Waals surface area contributed by atoms with Gasteiger partial charge < -0.3 is 0 Å². The Labute approximate surface area is 125 Å². The van der Waals surface area contributed by atoms with Crippen LogP contribution < -0.4 is 0 Å². The van der Waals surface area contributed by atoms with Crippen LogP contribution in [0.15, 0.2) is 34.9 Å². The Hall–Kier alpha value is -1.49. The fourth-order valence-electron chi connectivity index (χ4n) is 1.88. The fourth-order valence-corrected chi connectivity index (χ4v) is 2.25. The monoisotopic (exact) mass is 338 g/mol. The number of hydrogen-bond acceptors (Lipinski definition) is 2. The molecule has 0 saturated heterocycles. The largest absolute Gasteiger partial charge is 0.294 e. The minimum atomic E-state index is -0.515. The maximum absolute atomic E-state index is 13.8. The minimum Gasteiger partial charge on any atom is -0.294 e. The van der Waals surface area contributed by atoms with Gasteiger partial charge in [-0.2, -0.15) is 5.10 Å². The first-order valence-electron chi connectivity index (χ1n) is 6.54. The molecule has 2 aromatic rings. The van der Waals surface area contributed by atoms with E-state index in [9.17, 15) is 9.18 Å². The Kier molecular flexibility index (Phi) is 4.70. The third-order valence-corrected chi connectivity index (χ3v) is 3.91. The highest BCUT2D eigenvalue weighted by Crippen LogP contribution is 2.20. The number of Topliss-reactive ketones (excluding diaryl/α,β-unsaturated/α-hetero) is 1. The van der Waals surface area contributed by atoms with Gasteiger partial charge in [-0.15, -0.1) is 0 Å². The highest BCUT2D eigenvalue weighted by Gasteiger charge is 2.16. The summed E-state index contributed by atoms with van der Waals surface area (Å²) < 4.78 is 16.0. The van der Waals surface area contributed by atoms with Crippen molar-refractivity contribution in [2.75, 3.05) is 0 Å². The summed E-state index contributed by atoms with van der Waals surface area (Å²) in [7, 11) is 0. The van der Waals surface area contributed by atoms with E-state index in [2.05, 4.69) is 34.9 Å². The van der Waals surface area contributed by atoms with Crippen molar-refractivity contribution in [2.24, 2.45) is 0 Å². The van der Waals surface area contributed by atoms with Gasteiger partial charge in [-0.1, -0.05) is 13.0 Å². The summed E-state index contributed by atoms with van der Waals surface area (Å²) >= 11 is 3.09. The molecule has 0 saturated carbocycles. The maximum Gasteiger partial charge on any atom is 0.171 e. The van der Waals surface area contributed by atoms with Crippen LogP contribution in [-0.2, 0) is 6.42 Å². The molecule has 1 atom stereocenters. The van der Waals surface area contributed by atoms with Crippen LogP contribution in [-0.4, -0.2) is 15.6 Å². The van der Waals surface area contributed by atoms with Crippen molar-refractivity contribution in [3.05, 3.63) is 52.0 Å². The number of nitrogens with zero attached hydrogens (tertiary/aromatic N) is 2. The lowest BCUT2D eigenvalue weighted by molar-refractivity contribution is 0.0987. The van der Waals surface area contributed by atoms with E-state index in [0.717, 1.165) is 6.42 Å². The van der Waals surface area contributed by atoms with Crippen molar-refractivity contribution in [1.29, 1.82) is 0 Å². The van der Waals surface area contributed by atoms with E-state index in [1.54, 1.807) is 18.2 Å². The molecule has 0 spiro atoms. The number of hydrogen-bond donors (Lipinski definition) is 0. The van der Waals surface area contributed by atoms with Crippen molar-refractivity contribution < 1.29 is 9.18 Å². The fraction of sp³-hybridized carbons (Fsp3) is 0.333. The van der Waals surface area contributed by atoms with Gasteiger partial charge in [0, 0.05) is 12.2 Å². The second kappa shape index (κ2) is 6.31. The zero-order valence-electron chi connectivity index (χ0n) is 11.4. The van der Waals surface area contributed by atoms with Gasteiger partial charge in [0.25, 0.3) is 0 Å². The molecule has 3 nitrogen and oxygen atoms in total. The zero-order valence-corrected chi connectivity index (χ0v) is 13.0. The Balaban J connectivity index is 2.15. The van der Waals surface area contributed by atoms with Gasteiger partial charge in [-0.25, -0.2) is 4.39 Å². The number of ketones is 1. The van der Waals surface area contributed by atoms with Crippen molar-refractivity contribution >= 4 is 21.7 Å². The van der Waals surface area contributed by atoms with Gasteiger partial charge in [0.15, 0.2) is 5.78 Å². The number of carbonyl (C=O) groups excluding carboxylic acids is 1. The number of benzene rings is 1. The SMILES string of the molecule is CCC(C)n1ccc(CC(=O)c2cccc(Br)c2F)n1. The average Bonchev–Trinajstić information content (AvgIpc) is 2.89. The van der Waals surface area contributed by atoms with Crippen LogP contribution in [0.5, 0.6) is 0 Å². The molecule has 0 amide bonds. The lowest BCUT2D eigenvalue weighted by atomic mass is 10.1. The summed E-state index contributed by atoms with van der Waals surface area (Å²) in [5.41, 5.74) is 0.757. The molecule has 106 valence electrons. The van der Waals surface area contributed by atoms with Crippen molar-refractivity contribution in [2.45, 2.75) is 32.7 Å². The van der Waals surface area contributed by atoms with Crippen LogP contribution >= 0.6 is 15.9 Å². The van der Waals surface area contributed by atoms with E-state index in [0.29, 0.717) is 16.2 Å². The molecule has 1 unspecified atom stereocenters. The molecule has 0 aliphatic heterocycles. The van der Waals surface area contributed by atoms with Gasteiger partial charge >= 0.3 is 0 Å². The van der Waals surface area contributed by atoms with Gasteiger partial charge in [-0.3, -0.25) is 9.48 Å². The molecule has 1 aromatic heterocycles. The van der Waals surface area contributed by atoms with Gasteiger partial charge in [0.1, 0.15) is 5.82 Å². The summed E-state index contributed by atoms with van der Waals surface area (Å²) in [6.07, 6.45) is 2.93. The molecule has 0 fully saturated rings. The second-order valence-corrected chi connectivity index (χ2v) is 5.60. The summed E-state index contributed by atoms with van der Waals surface area (Å²) in [5, 5.41) is 4.36. The molecule has 0 N–H and O–H groups in total. The molecule has 2 rings (SSSR count). The first-order valence-corrected chi connectivity index (χ1v) is 7.33. The van der Waals surface area contributed by atoms with Gasteiger partial charge in [-0.05, 0) is 47.5 Å². The zero-order chi connectivity index (χ0) is 14.7. The first-order chi connectivity index (χ1) is 9.52. The topological polar surface area (TPSA) is 34.9 Å². The van der Waals surface area contributed by atoms with E-state index in [1.165, 1.54) is 6.07 Å². The van der Waals surface area contributed by atoms with Crippen LogP contribution in [0.2, 0.25) is 0 Å². The quantitative estimate of drug-likeness (QED) is 0.766. The summed E-state index contributed by atoms with van der Waals surface area (Å²) in [5.74, 6) is -0.780. The number of carbonyl (C=O) groups is 1. The normalized spacial score (nSPS) is 12.4. The predicted octanol–water partition coefficient (Wildman–Crippen LogP) is 4.18. The van der Waals surface area contributed by atoms with Crippen molar-refractivity contribution in [1.82, 2.24) is 9.78 Å². The Morgan fingerprint density at radius 3 is 2.90 bits per heavy atom. The molecule has 0 radical (unpaired) electrons. The number of rotatable bonds is 5.